The highest BCUT2D eigenvalue weighted by molar-refractivity contribution is 5.86. The highest BCUT2D eigenvalue weighted by atomic mass is 35.5. The molecule has 2 aromatic rings. The Morgan fingerprint density at radius 2 is 0.865 bits per heavy atom. The van der Waals surface area contributed by atoms with Crippen LogP contribution in [0.1, 0.15) is 103 Å². The van der Waals surface area contributed by atoms with Crippen LogP contribution in [-0.4, -0.2) is 62.3 Å². The third kappa shape index (κ3) is 22.9. The molecule has 0 heterocycles. The second-order valence-corrected chi connectivity index (χ2v) is 13.9. The second-order valence-electron chi connectivity index (χ2n) is 13.9. The summed E-state index contributed by atoms with van der Waals surface area (Å²) >= 11 is 0. The first-order valence-corrected chi connectivity index (χ1v) is 18.8. The Bertz CT molecular complexity index is 1160. The molecule has 5 N–H and O–H groups in total. The largest absolute Gasteiger partial charge is 0.445 e. The summed E-state index contributed by atoms with van der Waals surface area (Å²) < 4.78 is 10.6. The van der Waals surface area contributed by atoms with Crippen molar-refractivity contribution in [1.29, 1.82) is 0 Å². The Kier molecular flexibility index (Phi) is 25.5. The smallest absolute Gasteiger partial charge is 0.408 e. The van der Waals surface area contributed by atoms with E-state index in [1.54, 1.807) is 0 Å². The van der Waals surface area contributed by atoms with Crippen LogP contribution in [0.4, 0.5) is 9.59 Å². The summed E-state index contributed by atoms with van der Waals surface area (Å²) in [5.41, 5.74) is 1.79. The third-order valence-corrected chi connectivity index (χ3v) is 8.22. The van der Waals surface area contributed by atoms with Gasteiger partial charge in [-0.25, -0.2) is 9.59 Å². The summed E-state index contributed by atoms with van der Waals surface area (Å²) in [6.07, 6.45) is 8.07. The van der Waals surface area contributed by atoms with Crippen molar-refractivity contribution < 1.29 is 28.7 Å². The fourth-order valence-corrected chi connectivity index (χ4v) is 5.47. The van der Waals surface area contributed by atoms with E-state index in [2.05, 4.69) is 26.6 Å². The summed E-state index contributed by atoms with van der Waals surface area (Å²) in [7, 11) is 0. The molecule has 4 amide bonds. The number of alkyl carbamates (subject to hydrolysis) is 2. The molecule has 11 nitrogen and oxygen atoms in total. The van der Waals surface area contributed by atoms with E-state index in [0.29, 0.717) is 25.9 Å². The lowest BCUT2D eigenvalue weighted by atomic mass is 10.0. The highest BCUT2D eigenvalue weighted by Crippen LogP contribution is 2.09. The van der Waals surface area contributed by atoms with Gasteiger partial charge in [0.1, 0.15) is 25.3 Å². The van der Waals surface area contributed by atoms with Crippen molar-refractivity contribution in [3.8, 4) is 0 Å². The van der Waals surface area contributed by atoms with E-state index >= 15 is 0 Å². The van der Waals surface area contributed by atoms with Crippen molar-refractivity contribution in [1.82, 2.24) is 26.6 Å². The van der Waals surface area contributed by atoms with Gasteiger partial charge in [0.25, 0.3) is 0 Å². The van der Waals surface area contributed by atoms with Gasteiger partial charge in [-0.1, -0.05) is 114 Å². The van der Waals surface area contributed by atoms with E-state index in [1.165, 1.54) is 0 Å². The molecule has 0 saturated carbocycles. The molecule has 0 radical (unpaired) electrons. The van der Waals surface area contributed by atoms with Gasteiger partial charge in [0.2, 0.25) is 11.8 Å². The zero-order chi connectivity index (χ0) is 37.1. The molecule has 52 heavy (non-hydrogen) atoms. The van der Waals surface area contributed by atoms with Gasteiger partial charge in [-0.05, 0) is 74.6 Å². The van der Waals surface area contributed by atoms with Gasteiger partial charge in [-0.3, -0.25) is 9.59 Å². The van der Waals surface area contributed by atoms with Crippen LogP contribution >= 0.6 is 12.4 Å². The van der Waals surface area contributed by atoms with Gasteiger partial charge in [0.15, 0.2) is 0 Å². The predicted octanol–water partition coefficient (Wildman–Crippen LogP) is 7.03. The molecule has 0 aliphatic rings. The Hall–Kier alpha value is -3.83. The minimum atomic E-state index is -0.622. The number of benzene rings is 2. The van der Waals surface area contributed by atoms with Crippen molar-refractivity contribution in [3.63, 3.8) is 0 Å². The maximum absolute atomic E-state index is 12.8. The van der Waals surface area contributed by atoms with Crippen molar-refractivity contribution in [3.05, 3.63) is 71.8 Å². The molecule has 0 saturated heterocycles. The predicted molar refractivity (Wildman–Crippen MR) is 209 cm³/mol. The summed E-state index contributed by atoms with van der Waals surface area (Å²) in [4.78, 5) is 50.1. The first-order valence-electron chi connectivity index (χ1n) is 18.8. The number of carbonyl (C=O) groups is 4. The van der Waals surface area contributed by atoms with Crippen molar-refractivity contribution in [2.75, 3.05) is 26.2 Å². The minimum absolute atomic E-state index is 0. The number of ether oxygens (including phenoxy) is 2. The van der Waals surface area contributed by atoms with Crippen LogP contribution < -0.4 is 26.6 Å². The SMILES string of the molecule is CC(C)CC(NC(=O)OCc1ccccc1)C(=O)NCCCCCCNCCCCCCNC(=O)C(CC(C)C)NC(=O)OCc1ccccc1.Cl. The standard InChI is InChI=1S/C40H63N5O6.ClH/c1-31(2)27-35(44-39(48)50-29-33-19-11-9-12-20-33)37(46)42-25-17-7-5-15-23-41-24-16-6-8-18-26-43-38(47)36(28-32(3)4)45-40(49)51-30-34-21-13-10-14-22-34;/h9-14,19-22,31-32,35-36,41H,5-8,15-18,23-30H2,1-4H3,(H,42,46)(H,43,47)(H,44,48)(H,45,49);1H. The van der Waals surface area contributed by atoms with Crippen molar-refractivity contribution in [2.45, 2.75) is 117 Å². The second kappa shape index (κ2) is 28.7. The summed E-state index contributed by atoms with van der Waals surface area (Å²) in [5.74, 6) is 0.149. The average molecular weight is 746 g/mol. The molecule has 2 unspecified atom stereocenters. The molecule has 0 aliphatic heterocycles. The molecule has 0 aliphatic carbocycles. The zero-order valence-electron chi connectivity index (χ0n) is 31.8. The first-order chi connectivity index (χ1) is 24.6. The van der Waals surface area contributed by atoms with Crippen LogP contribution in [0.3, 0.4) is 0 Å². The number of unbranched alkanes of at least 4 members (excludes halogenated alkanes) is 6. The van der Waals surface area contributed by atoms with Gasteiger partial charge in [0, 0.05) is 13.1 Å². The first kappa shape index (κ1) is 46.2. The lowest BCUT2D eigenvalue weighted by molar-refractivity contribution is -0.124. The topological polar surface area (TPSA) is 147 Å². The number of hydrogen-bond donors (Lipinski definition) is 5. The maximum Gasteiger partial charge on any atom is 0.408 e. The van der Waals surface area contributed by atoms with E-state index in [1.807, 2.05) is 88.4 Å². The fourth-order valence-electron chi connectivity index (χ4n) is 5.47. The van der Waals surface area contributed by atoms with Gasteiger partial charge in [-0.15, -0.1) is 12.4 Å². The van der Waals surface area contributed by atoms with E-state index < -0.39 is 24.3 Å². The molecule has 0 aromatic heterocycles. The monoisotopic (exact) mass is 745 g/mol. The molecule has 292 valence electrons. The van der Waals surface area contributed by atoms with E-state index in [-0.39, 0.29) is 49.3 Å². The van der Waals surface area contributed by atoms with Gasteiger partial charge in [-0.2, -0.15) is 0 Å². The van der Waals surface area contributed by atoms with Crippen LogP contribution in [0.15, 0.2) is 60.7 Å². The van der Waals surface area contributed by atoms with Gasteiger partial charge < -0.3 is 36.1 Å². The Labute approximate surface area is 317 Å². The zero-order valence-corrected chi connectivity index (χ0v) is 32.6. The maximum atomic E-state index is 12.8. The molecule has 2 atom stereocenters. The van der Waals surface area contributed by atoms with Crippen LogP contribution in [0.2, 0.25) is 0 Å². The molecular formula is C40H64ClN5O6. The Balaban J connectivity index is 0.0000135. The number of carbonyl (C=O) groups excluding carboxylic acids is 4. The molecule has 0 spiro atoms. The normalized spacial score (nSPS) is 12.0. The number of hydrogen-bond acceptors (Lipinski definition) is 7. The fraction of sp³-hybridized carbons (Fsp3) is 0.600. The molecule has 0 bridgehead atoms. The van der Waals surface area contributed by atoms with Crippen LogP contribution in [0.25, 0.3) is 0 Å². The summed E-state index contributed by atoms with van der Waals surface area (Å²) in [5, 5.41) is 14.9. The number of amides is 4. The molecule has 12 heteroatoms. The highest BCUT2D eigenvalue weighted by Gasteiger charge is 2.23. The van der Waals surface area contributed by atoms with Crippen LogP contribution in [-0.2, 0) is 32.3 Å². The van der Waals surface area contributed by atoms with E-state index in [0.717, 1.165) is 75.6 Å². The minimum Gasteiger partial charge on any atom is -0.445 e. The quantitative estimate of drug-likeness (QED) is 0.0650. The molecule has 0 fully saturated rings. The summed E-state index contributed by atoms with van der Waals surface area (Å²) in [6, 6.07) is 17.7. The lowest BCUT2D eigenvalue weighted by Crippen LogP contribution is -2.47. The Morgan fingerprint density at radius 1 is 0.519 bits per heavy atom. The van der Waals surface area contributed by atoms with E-state index in [4.69, 9.17) is 9.47 Å². The van der Waals surface area contributed by atoms with Crippen LogP contribution in [0.5, 0.6) is 0 Å². The molecule has 2 aromatic carbocycles. The van der Waals surface area contributed by atoms with Crippen LogP contribution in [0, 0.1) is 11.8 Å². The number of halogens is 1. The third-order valence-electron chi connectivity index (χ3n) is 8.22. The van der Waals surface area contributed by atoms with E-state index in [9.17, 15) is 19.2 Å². The Morgan fingerprint density at radius 3 is 1.21 bits per heavy atom. The average Bonchev–Trinajstić information content (AvgIpc) is 3.11. The van der Waals surface area contributed by atoms with Gasteiger partial charge >= 0.3 is 12.2 Å². The van der Waals surface area contributed by atoms with Gasteiger partial charge in [0.05, 0.1) is 0 Å². The molecule has 2 rings (SSSR count). The lowest BCUT2D eigenvalue weighted by Gasteiger charge is -2.20. The number of nitrogens with one attached hydrogen (secondary N) is 5. The van der Waals surface area contributed by atoms with Crippen molar-refractivity contribution >= 4 is 36.4 Å². The van der Waals surface area contributed by atoms with Crippen molar-refractivity contribution in [2.24, 2.45) is 11.8 Å². The summed E-state index contributed by atoms with van der Waals surface area (Å²) in [6.45, 7) is 11.5. The molecular weight excluding hydrogens is 682 g/mol. The number of rotatable bonds is 26.